The molecule has 1 atom stereocenters. The summed E-state index contributed by atoms with van der Waals surface area (Å²) in [6.07, 6.45) is 1.48. The first kappa shape index (κ1) is 23.8. The summed E-state index contributed by atoms with van der Waals surface area (Å²) in [5, 5.41) is 20.8. The number of nitrogens with zero attached hydrogens (tertiary/aromatic N) is 2. The number of aliphatic imine (C=N–C) groups is 1. The zero-order chi connectivity index (χ0) is 19.8. The number of methoxy groups -OCH3 is 1. The molecule has 0 amide bonds. The van der Waals surface area contributed by atoms with E-state index in [4.69, 9.17) is 4.74 Å². The van der Waals surface area contributed by atoms with Gasteiger partial charge in [0.2, 0.25) is 0 Å². The number of guanidine groups is 1. The molecule has 1 fully saturated rings. The number of aliphatic hydroxyl groups excluding tert-OH is 1. The van der Waals surface area contributed by atoms with E-state index in [0.717, 1.165) is 49.7 Å². The average Bonchev–Trinajstić information content (AvgIpc) is 3.27. The van der Waals surface area contributed by atoms with E-state index >= 15 is 0 Å². The van der Waals surface area contributed by atoms with Gasteiger partial charge in [0, 0.05) is 25.7 Å². The number of hydrogen-bond acceptors (Lipinski definition) is 5. The Labute approximate surface area is 194 Å². The molecule has 0 aliphatic carbocycles. The van der Waals surface area contributed by atoms with Crippen molar-refractivity contribution in [2.24, 2.45) is 4.99 Å². The van der Waals surface area contributed by atoms with Crippen LogP contribution in [0.1, 0.15) is 31.4 Å². The van der Waals surface area contributed by atoms with Crippen molar-refractivity contribution in [1.82, 2.24) is 10.6 Å². The minimum atomic E-state index is -0.661. The van der Waals surface area contributed by atoms with Gasteiger partial charge in [0.15, 0.2) is 5.96 Å². The minimum Gasteiger partial charge on any atom is -0.497 e. The van der Waals surface area contributed by atoms with E-state index in [1.807, 2.05) is 24.3 Å². The highest BCUT2D eigenvalue weighted by Crippen LogP contribution is 2.25. The van der Waals surface area contributed by atoms with E-state index < -0.39 is 6.10 Å². The third-order valence-electron chi connectivity index (χ3n) is 4.90. The van der Waals surface area contributed by atoms with Crippen LogP contribution in [0.2, 0.25) is 0 Å². The van der Waals surface area contributed by atoms with Crippen molar-refractivity contribution >= 4 is 46.3 Å². The van der Waals surface area contributed by atoms with E-state index in [2.05, 4.69) is 45.0 Å². The fraction of sp³-hybridized carbons (Fsp3) is 0.476. The molecule has 1 aromatic heterocycles. The Balaban J connectivity index is 0.00000300. The molecule has 29 heavy (non-hydrogen) atoms. The van der Waals surface area contributed by atoms with Crippen LogP contribution in [0.3, 0.4) is 0 Å². The van der Waals surface area contributed by atoms with Crippen molar-refractivity contribution in [3.63, 3.8) is 0 Å². The number of anilines is 1. The second-order valence-electron chi connectivity index (χ2n) is 6.87. The lowest BCUT2D eigenvalue weighted by Gasteiger charge is -2.33. The molecule has 1 unspecified atom stereocenters. The van der Waals surface area contributed by atoms with Crippen LogP contribution < -0.4 is 20.3 Å². The molecule has 3 N–H and O–H groups in total. The van der Waals surface area contributed by atoms with Gasteiger partial charge in [0.25, 0.3) is 0 Å². The molecule has 0 saturated carbocycles. The van der Waals surface area contributed by atoms with E-state index in [0.29, 0.717) is 12.6 Å². The molecule has 2 heterocycles. The Hall–Kier alpha value is -1.52. The Kier molecular flexibility index (Phi) is 10.0. The van der Waals surface area contributed by atoms with Gasteiger partial charge in [-0.2, -0.15) is 0 Å². The molecule has 2 aromatic rings. The van der Waals surface area contributed by atoms with Gasteiger partial charge in [0.1, 0.15) is 5.75 Å². The zero-order valence-corrected chi connectivity index (χ0v) is 20.2. The Morgan fingerprint density at radius 2 is 2.10 bits per heavy atom. The largest absolute Gasteiger partial charge is 0.497 e. The summed E-state index contributed by atoms with van der Waals surface area (Å²) < 4.78 is 5.23. The second kappa shape index (κ2) is 12.2. The second-order valence-corrected chi connectivity index (χ2v) is 7.80. The van der Waals surface area contributed by atoms with Gasteiger partial charge >= 0.3 is 0 Å². The molecule has 0 spiro atoms. The van der Waals surface area contributed by atoms with E-state index in [9.17, 15) is 5.11 Å². The number of hydrogen-bond donors (Lipinski definition) is 3. The van der Waals surface area contributed by atoms with Gasteiger partial charge in [-0.15, -0.1) is 35.3 Å². The molecular formula is C21H31IN4O2S. The maximum atomic E-state index is 10.5. The van der Waals surface area contributed by atoms with Crippen molar-refractivity contribution in [3.05, 3.63) is 47.3 Å². The standard InChI is InChI=1S/C21H30N4O2S.HI/c1-3-22-21(23-15-19(26)16-6-4-7-18(14-16)27-2)24-17-9-11-25(12-10-17)20-8-5-13-28-20;/h4-8,13-14,17,19,26H,3,9-12,15H2,1-2H3,(H2,22,23,24);1H. The lowest BCUT2D eigenvalue weighted by Crippen LogP contribution is -2.48. The number of nitrogens with one attached hydrogen (secondary N) is 2. The van der Waals surface area contributed by atoms with Crippen LogP contribution in [0.5, 0.6) is 5.75 Å². The lowest BCUT2D eigenvalue weighted by molar-refractivity contribution is 0.186. The average molecular weight is 530 g/mol. The number of thiophene rings is 1. The van der Waals surface area contributed by atoms with E-state index in [-0.39, 0.29) is 24.0 Å². The van der Waals surface area contributed by atoms with Crippen LogP contribution in [-0.4, -0.2) is 50.4 Å². The van der Waals surface area contributed by atoms with Crippen molar-refractivity contribution in [3.8, 4) is 5.75 Å². The highest BCUT2D eigenvalue weighted by atomic mass is 127. The van der Waals surface area contributed by atoms with Crippen molar-refractivity contribution in [2.75, 3.05) is 38.2 Å². The van der Waals surface area contributed by atoms with Crippen LogP contribution in [0.15, 0.2) is 46.8 Å². The molecule has 1 aliphatic heterocycles. The van der Waals surface area contributed by atoms with Crippen LogP contribution in [-0.2, 0) is 0 Å². The zero-order valence-electron chi connectivity index (χ0n) is 17.0. The highest BCUT2D eigenvalue weighted by Gasteiger charge is 2.20. The molecule has 1 saturated heterocycles. The molecule has 0 bridgehead atoms. The topological polar surface area (TPSA) is 69.1 Å². The highest BCUT2D eigenvalue weighted by molar-refractivity contribution is 14.0. The summed E-state index contributed by atoms with van der Waals surface area (Å²) in [5.74, 6) is 1.50. The quantitative estimate of drug-likeness (QED) is 0.290. The fourth-order valence-corrected chi connectivity index (χ4v) is 4.12. The van der Waals surface area contributed by atoms with Crippen molar-refractivity contribution in [2.45, 2.75) is 31.9 Å². The SMILES string of the molecule is CCNC(=NCC(O)c1cccc(OC)c1)NC1CCN(c2cccs2)CC1.I. The number of aliphatic hydroxyl groups is 1. The maximum Gasteiger partial charge on any atom is 0.191 e. The first-order chi connectivity index (χ1) is 13.7. The molecule has 160 valence electrons. The minimum absolute atomic E-state index is 0. The Morgan fingerprint density at radius 3 is 2.76 bits per heavy atom. The molecule has 6 nitrogen and oxygen atoms in total. The van der Waals surface area contributed by atoms with Gasteiger partial charge in [-0.3, -0.25) is 4.99 Å². The van der Waals surface area contributed by atoms with Gasteiger partial charge < -0.3 is 25.4 Å². The molecule has 8 heteroatoms. The van der Waals surface area contributed by atoms with Crippen molar-refractivity contribution in [1.29, 1.82) is 0 Å². The number of halogens is 1. The summed E-state index contributed by atoms with van der Waals surface area (Å²) in [6, 6.07) is 12.2. The third-order valence-corrected chi connectivity index (χ3v) is 5.83. The number of rotatable bonds is 7. The van der Waals surface area contributed by atoms with Crippen LogP contribution in [0.25, 0.3) is 0 Å². The predicted octanol–water partition coefficient (Wildman–Crippen LogP) is 3.63. The Morgan fingerprint density at radius 1 is 1.31 bits per heavy atom. The summed E-state index contributed by atoms with van der Waals surface area (Å²) in [7, 11) is 1.63. The molecule has 3 rings (SSSR count). The molecule has 1 aliphatic rings. The van der Waals surface area contributed by atoms with Crippen molar-refractivity contribution < 1.29 is 9.84 Å². The fourth-order valence-electron chi connectivity index (χ4n) is 3.34. The van der Waals surface area contributed by atoms with E-state index in [1.165, 1.54) is 5.00 Å². The lowest BCUT2D eigenvalue weighted by atomic mass is 10.1. The van der Waals surface area contributed by atoms with Gasteiger partial charge in [-0.05, 0) is 55.0 Å². The summed E-state index contributed by atoms with van der Waals surface area (Å²) in [6.45, 7) is 5.23. The van der Waals surface area contributed by atoms with Gasteiger partial charge in [0.05, 0.1) is 24.8 Å². The van der Waals surface area contributed by atoms with Gasteiger partial charge in [-0.1, -0.05) is 12.1 Å². The summed E-state index contributed by atoms with van der Waals surface area (Å²) >= 11 is 1.80. The molecule has 1 aromatic carbocycles. The first-order valence-corrected chi connectivity index (χ1v) is 10.7. The summed E-state index contributed by atoms with van der Waals surface area (Å²) in [4.78, 5) is 7.04. The smallest absolute Gasteiger partial charge is 0.191 e. The van der Waals surface area contributed by atoms with E-state index in [1.54, 1.807) is 18.4 Å². The predicted molar refractivity (Wildman–Crippen MR) is 132 cm³/mol. The first-order valence-electron chi connectivity index (χ1n) is 9.85. The number of ether oxygens (including phenoxy) is 1. The number of piperidine rings is 1. The summed E-state index contributed by atoms with van der Waals surface area (Å²) in [5.41, 5.74) is 0.809. The maximum absolute atomic E-state index is 10.5. The van der Waals surface area contributed by atoms with Crippen LogP contribution >= 0.6 is 35.3 Å². The molecule has 0 radical (unpaired) electrons. The van der Waals surface area contributed by atoms with Crippen LogP contribution in [0.4, 0.5) is 5.00 Å². The monoisotopic (exact) mass is 530 g/mol. The normalized spacial score (nSPS) is 16.1. The van der Waals surface area contributed by atoms with Gasteiger partial charge in [-0.25, -0.2) is 0 Å². The third kappa shape index (κ3) is 7.04. The van der Waals surface area contributed by atoms with Crippen LogP contribution in [0, 0.1) is 0 Å². The molecular weight excluding hydrogens is 499 g/mol. The number of benzene rings is 1. The Bertz CT molecular complexity index is 749.